The molecule has 0 saturated carbocycles. The second-order valence-electron chi connectivity index (χ2n) is 4.36. The minimum atomic E-state index is -4.51. The van der Waals surface area contributed by atoms with Crippen molar-refractivity contribution in [1.29, 1.82) is 0 Å². The highest BCUT2D eigenvalue weighted by molar-refractivity contribution is 5.94. The Kier molecular flexibility index (Phi) is 5.12. The van der Waals surface area contributed by atoms with Gasteiger partial charge in [-0.3, -0.25) is 9.59 Å². The molecule has 0 radical (unpaired) electrons. The van der Waals surface area contributed by atoms with E-state index in [9.17, 15) is 22.8 Å². The van der Waals surface area contributed by atoms with Gasteiger partial charge in [0.1, 0.15) is 0 Å². The van der Waals surface area contributed by atoms with Crippen molar-refractivity contribution in [1.82, 2.24) is 5.32 Å². The van der Waals surface area contributed by atoms with E-state index in [-0.39, 0.29) is 18.5 Å². The maximum Gasteiger partial charge on any atom is 0.416 e. The molecular weight excluding hydrogens is 275 g/mol. The number of amides is 1. The zero-order valence-corrected chi connectivity index (χ0v) is 10.7. The predicted octanol–water partition coefficient (Wildman–Crippen LogP) is 2.55. The summed E-state index contributed by atoms with van der Waals surface area (Å²) in [7, 11) is 0. The maximum absolute atomic E-state index is 12.5. The van der Waals surface area contributed by atoms with Crippen LogP contribution < -0.4 is 5.32 Å². The summed E-state index contributed by atoms with van der Waals surface area (Å²) in [5, 5.41) is 11.0. The highest BCUT2D eigenvalue weighted by Gasteiger charge is 2.30. The number of halogens is 3. The Bertz CT molecular complexity index is 500. The Balaban J connectivity index is 2.62. The van der Waals surface area contributed by atoms with Crippen molar-refractivity contribution in [3.63, 3.8) is 0 Å². The topological polar surface area (TPSA) is 66.4 Å². The van der Waals surface area contributed by atoms with Gasteiger partial charge in [0.2, 0.25) is 0 Å². The lowest BCUT2D eigenvalue weighted by molar-refractivity contribution is -0.141. The molecule has 0 aromatic heterocycles. The highest BCUT2D eigenvalue weighted by Crippen LogP contribution is 2.29. The third-order valence-corrected chi connectivity index (χ3v) is 2.74. The first-order chi connectivity index (χ1) is 9.21. The number of rotatable bonds is 5. The first-order valence-electron chi connectivity index (χ1n) is 5.90. The van der Waals surface area contributed by atoms with Crippen molar-refractivity contribution in [3.8, 4) is 0 Å². The van der Waals surface area contributed by atoms with Crippen molar-refractivity contribution < 1.29 is 27.9 Å². The molecule has 1 amide bonds. The molecule has 0 spiro atoms. The molecule has 0 fully saturated rings. The Hall–Kier alpha value is -2.05. The Morgan fingerprint density at radius 2 is 2.00 bits per heavy atom. The van der Waals surface area contributed by atoms with Crippen LogP contribution in [0.2, 0.25) is 0 Å². The molecule has 4 nitrogen and oxygen atoms in total. The molecule has 0 aliphatic heterocycles. The van der Waals surface area contributed by atoms with Crippen molar-refractivity contribution in [2.75, 3.05) is 6.54 Å². The lowest BCUT2D eigenvalue weighted by Crippen LogP contribution is -2.27. The van der Waals surface area contributed by atoms with E-state index in [1.165, 1.54) is 13.0 Å². The summed E-state index contributed by atoms with van der Waals surface area (Å²) in [6.07, 6.45) is -4.30. The van der Waals surface area contributed by atoms with Crippen molar-refractivity contribution >= 4 is 11.9 Å². The molecule has 1 atom stereocenters. The van der Waals surface area contributed by atoms with Crippen LogP contribution in [0.3, 0.4) is 0 Å². The molecule has 20 heavy (non-hydrogen) atoms. The van der Waals surface area contributed by atoms with Crippen LogP contribution in [-0.4, -0.2) is 23.5 Å². The summed E-state index contributed by atoms with van der Waals surface area (Å²) in [6.45, 7) is 1.57. The molecule has 0 saturated heterocycles. The molecule has 0 aliphatic rings. The number of carboxylic acid groups (broad SMARTS) is 1. The third kappa shape index (κ3) is 4.56. The molecule has 1 aromatic rings. The van der Waals surface area contributed by atoms with E-state index >= 15 is 0 Å². The number of aliphatic carboxylic acids is 1. The first-order valence-corrected chi connectivity index (χ1v) is 5.90. The summed E-state index contributed by atoms with van der Waals surface area (Å²) in [4.78, 5) is 22.2. The van der Waals surface area contributed by atoms with Gasteiger partial charge in [0, 0.05) is 12.1 Å². The highest BCUT2D eigenvalue weighted by atomic mass is 19.4. The van der Waals surface area contributed by atoms with Gasteiger partial charge < -0.3 is 10.4 Å². The normalized spacial score (nSPS) is 12.8. The summed E-state index contributed by atoms with van der Waals surface area (Å²) < 4.78 is 37.4. The SMILES string of the molecule is CC(CCNC(=O)c1cccc(C(F)(F)F)c1)C(=O)O. The number of hydrogen-bond donors (Lipinski definition) is 2. The van der Waals surface area contributed by atoms with Gasteiger partial charge in [-0.05, 0) is 24.6 Å². The lowest BCUT2D eigenvalue weighted by Gasteiger charge is -2.10. The molecule has 1 rings (SSSR count). The monoisotopic (exact) mass is 289 g/mol. The van der Waals surface area contributed by atoms with Gasteiger partial charge in [0.25, 0.3) is 5.91 Å². The van der Waals surface area contributed by atoms with Gasteiger partial charge in [-0.1, -0.05) is 13.0 Å². The second-order valence-corrected chi connectivity index (χ2v) is 4.36. The fourth-order valence-corrected chi connectivity index (χ4v) is 1.46. The standard InChI is InChI=1S/C13H14F3NO3/c1-8(12(19)20)5-6-17-11(18)9-3-2-4-10(7-9)13(14,15)16/h2-4,7-8H,5-6H2,1H3,(H,17,18)(H,19,20). The largest absolute Gasteiger partial charge is 0.481 e. The van der Waals surface area contributed by atoms with Gasteiger partial charge in [-0.25, -0.2) is 0 Å². The predicted molar refractivity (Wildman–Crippen MR) is 65.2 cm³/mol. The van der Waals surface area contributed by atoms with E-state index in [0.29, 0.717) is 0 Å². The van der Waals surface area contributed by atoms with Crippen LogP contribution in [0.5, 0.6) is 0 Å². The number of alkyl halides is 3. The van der Waals surface area contributed by atoms with E-state index < -0.39 is 29.5 Å². The van der Waals surface area contributed by atoms with E-state index in [0.717, 1.165) is 18.2 Å². The number of carbonyl (C=O) groups excluding carboxylic acids is 1. The van der Waals surface area contributed by atoms with Crippen LogP contribution in [0, 0.1) is 5.92 Å². The molecule has 7 heteroatoms. The molecule has 2 N–H and O–H groups in total. The van der Waals surface area contributed by atoms with Crippen LogP contribution in [0.25, 0.3) is 0 Å². The summed E-state index contributed by atoms with van der Waals surface area (Å²) >= 11 is 0. The molecule has 0 aliphatic carbocycles. The lowest BCUT2D eigenvalue weighted by atomic mass is 10.1. The second kappa shape index (κ2) is 6.40. The average molecular weight is 289 g/mol. The Morgan fingerprint density at radius 3 is 2.55 bits per heavy atom. The van der Waals surface area contributed by atoms with Crippen LogP contribution in [0.1, 0.15) is 29.3 Å². The summed E-state index contributed by atoms with van der Waals surface area (Å²) in [5.41, 5.74) is -1.01. The van der Waals surface area contributed by atoms with Crippen LogP contribution >= 0.6 is 0 Å². The first kappa shape index (κ1) is 16.0. The molecule has 1 aromatic carbocycles. The summed E-state index contributed by atoms with van der Waals surface area (Å²) in [6, 6.07) is 4.06. The Morgan fingerprint density at radius 1 is 1.35 bits per heavy atom. The molecule has 0 bridgehead atoms. The van der Waals surface area contributed by atoms with E-state index in [1.807, 2.05) is 0 Å². The molecular formula is C13H14F3NO3. The number of nitrogens with one attached hydrogen (secondary N) is 1. The van der Waals surface area contributed by atoms with Gasteiger partial charge in [-0.2, -0.15) is 13.2 Å². The van der Waals surface area contributed by atoms with E-state index in [4.69, 9.17) is 5.11 Å². The van der Waals surface area contributed by atoms with Gasteiger partial charge in [0.05, 0.1) is 11.5 Å². The third-order valence-electron chi connectivity index (χ3n) is 2.74. The van der Waals surface area contributed by atoms with E-state index in [1.54, 1.807) is 0 Å². The van der Waals surface area contributed by atoms with E-state index in [2.05, 4.69) is 5.32 Å². The minimum Gasteiger partial charge on any atom is -0.481 e. The fourth-order valence-electron chi connectivity index (χ4n) is 1.46. The van der Waals surface area contributed by atoms with Crippen LogP contribution in [0.15, 0.2) is 24.3 Å². The van der Waals surface area contributed by atoms with Crippen molar-refractivity contribution in [2.24, 2.45) is 5.92 Å². The zero-order valence-electron chi connectivity index (χ0n) is 10.7. The molecule has 0 heterocycles. The number of hydrogen-bond acceptors (Lipinski definition) is 2. The fraction of sp³-hybridized carbons (Fsp3) is 0.385. The summed E-state index contributed by atoms with van der Waals surface area (Å²) in [5.74, 6) is -2.27. The number of carboxylic acids is 1. The quantitative estimate of drug-likeness (QED) is 0.875. The van der Waals surface area contributed by atoms with Gasteiger partial charge in [0.15, 0.2) is 0 Å². The smallest absolute Gasteiger partial charge is 0.416 e. The van der Waals surface area contributed by atoms with Gasteiger partial charge >= 0.3 is 12.1 Å². The minimum absolute atomic E-state index is 0.0859. The van der Waals surface area contributed by atoms with Gasteiger partial charge in [-0.15, -0.1) is 0 Å². The van der Waals surface area contributed by atoms with Crippen LogP contribution in [-0.2, 0) is 11.0 Å². The Labute approximate surface area is 113 Å². The van der Waals surface area contributed by atoms with Crippen LogP contribution in [0.4, 0.5) is 13.2 Å². The number of benzene rings is 1. The maximum atomic E-state index is 12.5. The van der Waals surface area contributed by atoms with Crippen molar-refractivity contribution in [2.45, 2.75) is 19.5 Å². The zero-order chi connectivity index (χ0) is 15.3. The van der Waals surface area contributed by atoms with Crippen molar-refractivity contribution in [3.05, 3.63) is 35.4 Å². The molecule has 1 unspecified atom stereocenters. The molecule has 110 valence electrons. The number of carbonyl (C=O) groups is 2. The average Bonchev–Trinajstić information content (AvgIpc) is 2.37.